The summed E-state index contributed by atoms with van der Waals surface area (Å²) in [5.74, 6) is 1.15. The lowest BCUT2D eigenvalue weighted by molar-refractivity contribution is 0.767. The molecular formula is C22H24ClN3. The molecule has 0 amide bonds. The molecule has 26 heavy (non-hydrogen) atoms. The molecule has 1 N–H and O–H groups in total. The minimum absolute atomic E-state index is 0.768. The molecule has 0 atom stereocenters. The predicted molar refractivity (Wildman–Crippen MR) is 109 cm³/mol. The summed E-state index contributed by atoms with van der Waals surface area (Å²) in [4.78, 5) is 0. The third kappa shape index (κ3) is 3.36. The number of fused-ring (bicyclic) bond motifs is 1. The van der Waals surface area contributed by atoms with E-state index in [0.29, 0.717) is 0 Å². The van der Waals surface area contributed by atoms with Crippen LogP contribution in [0.15, 0.2) is 48.5 Å². The van der Waals surface area contributed by atoms with Crippen LogP contribution in [0.2, 0.25) is 5.02 Å². The summed E-state index contributed by atoms with van der Waals surface area (Å²) in [6, 6.07) is 16.8. The van der Waals surface area contributed by atoms with E-state index in [2.05, 4.69) is 47.3 Å². The van der Waals surface area contributed by atoms with E-state index >= 15 is 0 Å². The summed E-state index contributed by atoms with van der Waals surface area (Å²) < 4.78 is 2.08. The molecule has 4 heteroatoms. The van der Waals surface area contributed by atoms with Crippen LogP contribution in [0.25, 0.3) is 5.69 Å². The molecule has 1 aliphatic heterocycles. The van der Waals surface area contributed by atoms with Gasteiger partial charge in [-0.1, -0.05) is 48.9 Å². The molecule has 0 radical (unpaired) electrons. The van der Waals surface area contributed by atoms with E-state index in [1.54, 1.807) is 0 Å². The summed E-state index contributed by atoms with van der Waals surface area (Å²) in [6.07, 6.45) is 5.26. The molecule has 0 aliphatic carbocycles. The molecular weight excluding hydrogens is 342 g/mol. The van der Waals surface area contributed by atoms with Crippen LogP contribution in [0.1, 0.15) is 42.1 Å². The zero-order valence-corrected chi connectivity index (χ0v) is 15.9. The number of anilines is 1. The number of nitrogens with one attached hydrogen (secondary N) is 1. The molecule has 0 spiro atoms. The second-order valence-corrected chi connectivity index (χ2v) is 7.26. The van der Waals surface area contributed by atoms with Crippen LogP contribution in [-0.4, -0.2) is 16.3 Å². The number of aryl methyl sites for hydroxylation is 1. The monoisotopic (exact) mass is 365 g/mol. The maximum Gasteiger partial charge on any atom is 0.133 e. The summed E-state index contributed by atoms with van der Waals surface area (Å²) >= 11 is 6.40. The minimum Gasteiger partial charge on any atom is -0.370 e. The van der Waals surface area contributed by atoms with Crippen molar-refractivity contribution in [3.63, 3.8) is 0 Å². The Morgan fingerprint density at radius 1 is 1.08 bits per heavy atom. The van der Waals surface area contributed by atoms with Gasteiger partial charge in [0.1, 0.15) is 5.82 Å². The van der Waals surface area contributed by atoms with Gasteiger partial charge in [0.25, 0.3) is 0 Å². The van der Waals surface area contributed by atoms with Crippen molar-refractivity contribution in [1.29, 1.82) is 0 Å². The highest BCUT2D eigenvalue weighted by molar-refractivity contribution is 6.31. The lowest BCUT2D eigenvalue weighted by Gasteiger charge is -2.09. The van der Waals surface area contributed by atoms with Gasteiger partial charge < -0.3 is 5.32 Å². The summed E-state index contributed by atoms with van der Waals surface area (Å²) in [7, 11) is 0. The van der Waals surface area contributed by atoms with Gasteiger partial charge in [0.05, 0.1) is 11.4 Å². The molecule has 0 unspecified atom stereocenters. The second-order valence-electron chi connectivity index (χ2n) is 6.86. The van der Waals surface area contributed by atoms with Gasteiger partial charge in [-0.2, -0.15) is 5.10 Å². The highest BCUT2D eigenvalue weighted by atomic mass is 35.5. The number of hydrogen-bond donors (Lipinski definition) is 1. The standard InChI is InChI=1S/C22H24ClN3/c1-2-16-10-12-18(13-11-16)26-22-19(8-5-6-14-24-22)21(25-26)15-17-7-3-4-9-20(17)23/h3-4,7,9-13,24H,2,5-6,8,14-15H2,1H3. The van der Waals surface area contributed by atoms with Crippen molar-refractivity contribution in [2.45, 2.75) is 39.0 Å². The third-order valence-electron chi connectivity index (χ3n) is 5.12. The summed E-state index contributed by atoms with van der Waals surface area (Å²) in [6.45, 7) is 3.18. The Hall–Kier alpha value is -2.26. The van der Waals surface area contributed by atoms with Gasteiger partial charge >= 0.3 is 0 Å². The van der Waals surface area contributed by atoms with E-state index < -0.39 is 0 Å². The maximum absolute atomic E-state index is 6.40. The molecule has 0 fully saturated rings. The van der Waals surface area contributed by atoms with E-state index in [9.17, 15) is 0 Å². The molecule has 3 aromatic rings. The Kier molecular flexibility index (Phi) is 4.98. The first kappa shape index (κ1) is 17.2. The van der Waals surface area contributed by atoms with Crippen molar-refractivity contribution in [3.05, 3.63) is 75.9 Å². The first-order chi connectivity index (χ1) is 12.8. The molecule has 2 aromatic carbocycles. The average Bonchev–Trinajstić information content (AvgIpc) is 2.84. The molecule has 0 saturated heterocycles. The number of hydrogen-bond acceptors (Lipinski definition) is 2. The van der Waals surface area contributed by atoms with E-state index in [-0.39, 0.29) is 0 Å². The second kappa shape index (κ2) is 7.55. The van der Waals surface area contributed by atoms with Crippen molar-refractivity contribution >= 4 is 17.4 Å². The lowest BCUT2D eigenvalue weighted by Crippen LogP contribution is -2.07. The molecule has 1 aromatic heterocycles. The Morgan fingerprint density at radius 2 is 1.88 bits per heavy atom. The van der Waals surface area contributed by atoms with Crippen molar-refractivity contribution in [2.24, 2.45) is 0 Å². The molecule has 0 bridgehead atoms. The molecule has 4 rings (SSSR count). The average molecular weight is 366 g/mol. The molecule has 2 heterocycles. The van der Waals surface area contributed by atoms with Gasteiger partial charge in [-0.25, -0.2) is 4.68 Å². The van der Waals surface area contributed by atoms with Crippen LogP contribution >= 0.6 is 11.6 Å². The van der Waals surface area contributed by atoms with Crippen molar-refractivity contribution < 1.29 is 0 Å². The van der Waals surface area contributed by atoms with Crippen LogP contribution in [0.4, 0.5) is 5.82 Å². The van der Waals surface area contributed by atoms with Crippen molar-refractivity contribution in [1.82, 2.24) is 9.78 Å². The van der Waals surface area contributed by atoms with Crippen molar-refractivity contribution in [2.75, 3.05) is 11.9 Å². The largest absolute Gasteiger partial charge is 0.370 e. The van der Waals surface area contributed by atoms with Gasteiger partial charge in [0, 0.05) is 23.6 Å². The Balaban J connectivity index is 1.77. The van der Waals surface area contributed by atoms with Crippen LogP contribution in [0, 0.1) is 0 Å². The summed E-state index contributed by atoms with van der Waals surface area (Å²) in [5, 5.41) is 9.41. The van der Waals surface area contributed by atoms with Gasteiger partial charge in [0.15, 0.2) is 0 Å². The first-order valence-electron chi connectivity index (χ1n) is 9.43. The number of aromatic nitrogens is 2. The third-order valence-corrected chi connectivity index (χ3v) is 5.49. The van der Waals surface area contributed by atoms with Crippen LogP contribution < -0.4 is 5.32 Å². The van der Waals surface area contributed by atoms with Gasteiger partial charge in [0.2, 0.25) is 0 Å². The minimum atomic E-state index is 0.768. The topological polar surface area (TPSA) is 29.9 Å². The zero-order valence-electron chi connectivity index (χ0n) is 15.1. The fourth-order valence-electron chi connectivity index (χ4n) is 3.60. The molecule has 3 nitrogen and oxygen atoms in total. The lowest BCUT2D eigenvalue weighted by atomic mass is 10.0. The summed E-state index contributed by atoms with van der Waals surface area (Å²) in [5.41, 5.74) is 6.05. The number of halogens is 1. The fraction of sp³-hybridized carbons (Fsp3) is 0.318. The van der Waals surface area contributed by atoms with E-state index in [1.807, 2.05) is 18.2 Å². The molecule has 1 aliphatic rings. The number of rotatable bonds is 4. The van der Waals surface area contributed by atoms with Gasteiger partial charge in [-0.3, -0.25) is 0 Å². The van der Waals surface area contributed by atoms with E-state index in [4.69, 9.17) is 16.7 Å². The normalized spacial score (nSPS) is 13.8. The Bertz CT molecular complexity index is 896. The van der Waals surface area contributed by atoms with Gasteiger partial charge in [-0.15, -0.1) is 0 Å². The SMILES string of the molecule is CCc1ccc(-n2nc(Cc3ccccc3Cl)c3c2NCCCC3)cc1. The number of nitrogens with zero attached hydrogens (tertiary/aromatic N) is 2. The quantitative estimate of drug-likeness (QED) is 0.668. The number of benzene rings is 2. The van der Waals surface area contributed by atoms with E-state index in [0.717, 1.165) is 53.6 Å². The fourth-order valence-corrected chi connectivity index (χ4v) is 3.80. The van der Waals surface area contributed by atoms with Crippen LogP contribution in [0.5, 0.6) is 0 Å². The molecule has 0 saturated carbocycles. The maximum atomic E-state index is 6.40. The van der Waals surface area contributed by atoms with Crippen molar-refractivity contribution in [3.8, 4) is 5.69 Å². The van der Waals surface area contributed by atoms with Crippen LogP contribution in [-0.2, 0) is 19.3 Å². The van der Waals surface area contributed by atoms with E-state index in [1.165, 1.54) is 24.0 Å². The highest BCUT2D eigenvalue weighted by Crippen LogP contribution is 2.30. The zero-order chi connectivity index (χ0) is 17.9. The van der Waals surface area contributed by atoms with Gasteiger partial charge in [-0.05, 0) is 55.0 Å². The smallest absolute Gasteiger partial charge is 0.133 e. The van der Waals surface area contributed by atoms with Crippen LogP contribution in [0.3, 0.4) is 0 Å². The predicted octanol–water partition coefficient (Wildman–Crippen LogP) is 5.43. The Morgan fingerprint density at radius 3 is 2.65 bits per heavy atom. The molecule has 134 valence electrons. The highest BCUT2D eigenvalue weighted by Gasteiger charge is 2.21. The first-order valence-corrected chi connectivity index (χ1v) is 9.81. The Labute approximate surface area is 160 Å².